The molecule has 132 valence electrons. The zero-order chi connectivity index (χ0) is 16.1. The zero-order valence-corrected chi connectivity index (χ0v) is 14.7. The van der Waals surface area contributed by atoms with Crippen molar-refractivity contribution in [1.29, 1.82) is 0 Å². The van der Waals surface area contributed by atoms with Crippen LogP contribution in [0.15, 0.2) is 0 Å². The van der Waals surface area contributed by atoms with E-state index in [2.05, 4.69) is 22.0 Å². The van der Waals surface area contributed by atoms with Gasteiger partial charge in [0.1, 0.15) is 0 Å². The Labute approximate surface area is 140 Å². The van der Waals surface area contributed by atoms with Gasteiger partial charge in [0.25, 0.3) is 0 Å². The summed E-state index contributed by atoms with van der Waals surface area (Å²) in [5, 5.41) is 3.26. The van der Waals surface area contributed by atoms with Gasteiger partial charge in [-0.05, 0) is 58.2 Å². The molecule has 1 saturated carbocycles. The average molecular weight is 323 g/mol. The molecule has 2 heterocycles. The van der Waals surface area contributed by atoms with Crippen molar-refractivity contribution >= 4 is 5.91 Å². The maximum Gasteiger partial charge on any atom is 0.234 e. The van der Waals surface area contributed by atoms with Gasteiger partial charge in [-0.15, -0.1) is 0 Å². The topological polar surface area (TPSA) is 44.8 Å². The number of nitrogens with one attached hydrogen (secondary N) is 1. The minimum absolute atomic E-state index is 0.130. The second kappa shape index (κ2) is 7.95. The molecule has 3 aliphatic rings. The minimum Gasteiger partial charge on any atom is -0.381 e. The molecule has 0 atom stereocenters. The van der Waals surface area contributed by atoms with Crippen LogP contribution in [0.1, 0.15) is 51.9 Å². The highest BCUT2D eigenvalue weighted by molar-refractivity contribution is 5.78. The van der Waals surface area contributed by atoms with E-state index in [1.165, 1.54) is 45.2 Å². The van der Waals surface area contributed by atoms with E-state index in [0.717, 1.165) is 39.1 Å². The fourth-order valence-electron chi connectivity index (χ4n) is 4.17. The third-order valence-corrected chi connectivity index (χ3v) is 5.88. The van der Waals surface area contributed by atoms with Crippen LogP contribution in [0.4, 0.5) is 0 Å². The monoisotopic (exact) mass is 323 g/mol. The van der Waals surface area contributed by atoms with Crippen molar-refractivity contribution in [2.45, 2.75) is 63.5 Å². The Hall–Kier alpha value is -0.650. The van der Waals surface area contributed by atoms with Gasteiger partial charge in [-0.2, -0.15) is 0 Å². The molecule has 5 nitrogen and oxygen atoms in total. The van der Waals surface area contributed by atoms with Crippen LogP contribution in [0, 0.1) is 0 Å². The third kappa shape index (κ3) is 4.46. The number of hydrogen-bond donors (Lipinski definition) is 1. The second-order valence-electron chi connectivity index (χ2n) is 7.46. The van der Waals surface area contributed by atoms with Gasteiger partial charge in [-0.1, -0.05) is 13.3 Å². The van der Waals surface area contributed by atoms with Crippen molar-refractivity contribution in [2.75, 3.05) is 45.9 Å². The third-order valence-electron chi connectivity index (χ3n) is 5.88. The number of carbonyl (C=O) groups excluding carboxylic acids is 1. The standard InChI is InChI=1S/C18H33N3O2/c1-2-20(16-6-7-16)14-17(22)19-15-18(8-12-23-13-9-18)21-10-4-3-5-11-21/h16H,2-15H2,1H3,(H,19,22). The lowest BCUT2D eigenvalue weighted by atomic mass is 9.86. The largest absolute Gasteiger partial charge is 0.381 e. The number of ether oxygens (including phenoxy) is 1. The van der Waals surface area contributed by atoms with Crippen molar-refractivity contribution < 1.29 is 9.53 Å². The molecule has 5 heteroatoms. The molecule has 0 radical (unpaired) electrons. The molecule has 0 unspecified atom stereocenters. The van der Waals surface area contributed by atoms with Crippen LogP contribution in [0.2, 0.25) is 0 Å². The zero-order valence-electron chi connectivity index (χ0n) is 14.7. The highest BCUT2D eigenvalue weighted by Gasteiger charge is 2.39. The van der Waals surface area contributed by atoms with Gasteiger partial charge in [0.15, 0.2) is 0 Å². The summed E-state index contributed by atoms with van der Waals surface area (Å²) in [4.78, 5) is 17.4. The Morgan fingerprint density at radius 1 is 1.22 bits per heavy atom. The summed E-state index contributed by atoms with van der Waals surface area (Å²) in [6.45, 7) is 8.50. The van der Waals surface area contributed by atoms with E-state index in [1.54, 1.807) is 0 Å². The summed E-state index contributed by atoms with van der Waals surface area (Å²) in [5.74, 6) is 0.196. The molecule has 3 rings (SSSR count). The molecule has 0 aromatic rings. The number of nitrogens with zero attached hydrogens (tertiary/aromatic N) is 2. The first-order valence-corrected chi connectivity index (χ1v) is 9.57. The molecule has 0 spiro atoms. The number of likely N-dealkylation sites (N-methyl/N-ethyl adjacent to an activating group) is 1. The van der Waals surface area contributed by atoms with Crippen LogP contribution < -0.4 is 5.32 Å². The van der Waals surface area contributed by atoms with Crippen LogP contribution in [-0.2, 0) is 9.53 Å². The molecule has 0 bridgehead atoms. The van der Waals surface area contributed by atoms with Gasteiger partial charge in [-0.3, -0.25) is 14.6 Å². The Morgan fingerprint density at radius 3 is 2.52 bits per heavy atom. The lowest BCUT2D eigenvalue weighted by Gasteiger charge is -2.48. The second-order valence-corrected chi connectivity index (χ2v) is 7.46. The number of rotatable bonds is 7. The van der Waals surface area contributed by atoms with Crippen LogP contribution >= 0.6 is 0 Å². The van der Waals surface area contributed by atoms with Gasteiger partial charge < -0.3 is 10.1 Å². The number of piperidine rings is 1. The van der Waals surface area contributed by atoms with Crippen molar-refractivity contribution in [1.82, 2.24) is 15.1 Å². The minimum atomic E-state index is 0.130. The number of likely N-dealkylation sites (tertiary alicyclic amines) is 1. The first kappa shape index (κ1) is 17.2. The van der Waals surface area contributed by atoms with E-state index in [-0.39, 0.29) is 11.4 Å². The van der Waals surface area contributed by atoms with Crippen molar-refractivity contribution in [2.24, 2.45) is 0 Å². The number of hydrogen-bond acceptors (Lipinski definition) is 4. The summed E-state index contributed by atoms with van der Waals surface area (Å²) in [6.07, 6.45) is 8.55. The van der Waals surface area contributed by atoms with Gasteiger partial charge in [-0.25, -0.2) is 0 Å². The van der Waals surface area contributed by atoms with Crippen LogP contribution in [0.25, 0.3) is 0 Å². The first-order chi connectivity index (χ1) is 11.2. The Balaban J connectivity index is 1.54. The predicted molar refractivity (Wildman–Crippen MR) is 91.5 cm³/mol. The van der Waals surface area contributed by atoms with E-state index in [4.69, 9.17) is 4.74 Å². The quantitative estimate of drug-likeness (QED) is 0.773. The maximum atomic E-state index is 12.4. The number of amides is 1. The van der Waals surface area contributed by atoms with Crippen molar-refractivity contribution in [3.63, 3.8) is 0 Å². The summed E-state index contributed by atoms with van der Waals surface area (Å²) >= 11 is 0. The van der Waals surface area contributed by atoms with E-state index in [1.807, 2.05) is 0 Å². The lowest BCUT2D eigenvalue weighted by molar-refractivity contribution is -0.123. The van der Waals surface area contributed by atoms with Gasteiger partial charge in [0.05, 0.1) is 6.54 Å². The molecule has 1 aliphatic carbocycles. The maximum absolute atomic E-state index is 12.4. The van der Waals surface area contributed by atoms with E-state index >= 15 is 0 Å². The summed E-state index contributed by atoms with van der Waals surface area (Å²) in [6, 6.07) is 0.657. The highest BCUT2D eigenvalue weighted by atomic mass is 16.5. The molecule has 0 aromatic carbocycles. The molecule has 23 heavy (non-hydrogen) atoms. The molecule has 1 amide bonds. The molecule has 3 fully saturated rings. The normalized spacial score (nSPS) is 25.5. The average Bonchev–Trinajstić information content (AvgIpc) is 3.44. The number of carbonyl (C=O) groups is 1. The lowest BCUT2D eigenvalue weighted by Crippen LogP contribution is -2.60. The SMILES string of the molecule is CCN(CC(=O)NCC1(N2CCCCC2)CCOCC1)C1CC1. The molecule has 0 aromatic heterocycles. The fraction of sp³-hybridized carbons (Fsp3) is 0.944. The fourth-order valence-corrected chi connectivity index (χ4v) is 4.17. The van der Waals surface area contributed by atoms with Gasteiger partial charge in [0.2, 0.25) is 5.91 Å². The molecular formula is C18H33N3O2. The first-order valence-electron chi connectivity index (χ1n) is 9.57. The van der Waals surface area contributed by atoms with Gasteiger partial charge in [0, 0.05) is 31.3 Å². The van der Waals surface area contributed by atoms with E-state index in [0.29, 0.717) is 12.6 Å². The molecule has 2 saturated heterocycles. The van der Waals surface area contributed by atoms with Gasteiger partial charge >= 0.3 is 0 Å². The van der Waals surface area contributed by atoms with Crippen LogP contribution in [-0.4, -0.2) is 73.2 Å². The van der Waals surface area contributed by atoms with Crippen molar-refractivity contribution in [3.05, 3.63) is 0 Å². The Morgan fingerprint density at radius 2 is 1.91 bits per heavy atom. The molecule has 1 N–H and O–H groups in total. The van der Waals surface area contributed by atoms with Crippen LogP contribution in [0.5, 0.6) is 0 Å². The Kier molecular flexibility index (Phi) is 5.94. The summed E-state index contributed by atoms with van der Waals surface area (Å²) < 4.78 is 5.60. The summed E-state index contributed by atoms with van der Waals surface area (Å²) in [5.41, 5.74) is 0.130. The predicted octanol–water partition coefficient (Wildman–Crippen LogP) is 1.62. The molecular weight excluding hydrogens is 290 g/mol. The molecule has 2 aliphatic heterocycles. The highest BCUT2D eigenvalue weighted by Crippen LogP contribution is 2.30. The Bertz CT molecular complexity index is 386. The van der Waals surface area contributed by atoms with Crippen LogP contribution in [0.3, 0.4) is 0 Å². The van der Waals surface area contributed by atoms with E-state index < -0.39 is 0 Å². The smallest absolute Gasteiger partial charge is 0.234 e. The summed E-state index contributed by atoms with van der Waals surface area (Å²) in [7, 11) is 0. The van der Waals surface area contributed by atoms with Crippen molar-refractivity contribution in [3.8, 4) is 0 Å². The van der Waals surface area contributed by atoms with E-state index in [9.17, 15) is 4.79 Å².